The summed E-state index contributed by atoms with van der Waals surface area (Å²) < 4.78 is 5.33. The molecule has 0 saturated heterocycles. The number of nitrogens with one attached hydrogen (secondary N) is 2. The van der Waals surface area contributed by atoms with Crippen molar-refractivity contribution in [2.24, 2.45) is 0 Å². The second-order valence-electron chi connectivity index (χ2n) is 6.45. The lowest BCUT2D eigenvalue weighted by molar-refractivity contribution is 0.297. The first kappa shape index (κ1) is 18.0. The Morgan fingerprint density at radius 1 is 1.30 bits per heavy atom. The molecule has 0 aromatic heterocycles. The maximum Gasteiger partial charge on any atom is 0.166 e. The Kier molecular flexibility index (Phi) is 7.12. The van der Waals surface area contributed by atoms with Gasteiger partial charge in [-0.1, -0.05) is 31.4 Å². The molecule has 1 fully saturated rings. The van der Waals surface area contributed by atoms with Crippen LogP contribution in [0.2, 0.25) is 0 Å². The summed E-state index contributed by atoms with van der Waals surface area (Å²) in [6.45, 7) is 0.777. The first-order valence-electron chi connectivity index (χ1n) is 8.45. The van der Waals surface area contributed by atoms with Gasteiger partial charge in [0.05, 0.1) is 13.2 Å². The molecule has 128 valence electrons. The van der Waals surface area contributed by atoms with Crippen molar-refractivity contribution >= 4 is 17.3 Å². The van der Waals surface area contributed by atoms with E-state index in [0.717, 1.165) is 17.4 Å². The lowest BCUT2D eigenvalue weighted by atomic mass is 9.96. The van der Waals surface area contributed by atoms with Crippen molar-refractivity contribution < 1.29 is 4.74 Å². The number of benzene rings is 1. The van der Waals surface area contributed by atoms with E-state index in [1.807, 2.05) is 12.1 Å². The zero-order valence-electron chi connectivity index (χ0n) is 14.5. The van der Waals surface area contributed by atoms with E-state index in [-0.39, 0.29) is 6.04 Å². The van der Waals surface area contributed by atoms with Crippen LogP contribution in [0.25, 0.3) is 0 Å². The van der Waals surface area contributed by atoms with Gasteiger partial charge in [-0.2, -0.15) is 0 Å². The Hall–Kier alpha value is -1.33. The lowest BCUT2D eigenvalue weighted by Gasteiger charge is -2.28. The Morgan fingerprint density at radius 2 is 2.04 bits per heavy atom. The van der Waals surface area contributed by atoms with Gasteiger partial charge in [0.2, 0.25) is 0 Å². The first-order valence-corrected chi connectivity index (χ1v) is 8.85. The third-order valence-electron chi connectivity index (χ3n) is 4.50. The first-order chi connectivity index (χ1) is 11.1. The topological polar surface area (TPSA) is 36.5 Å². The van der Waals surface area contributed by atoms with Crippen molar-refractivity contribution in [3.05, 3.63) is 29.8 Å². The Bertz CT molecular complexity index is 501. The van der Waals surface area contributed by atoms with Crippen LogP contribution in [0.4, 0.5) is 0 Å². The number of thiocarbonyl (C=S) groups is 1. The van der Waals surface area contributed by atoms with Gasteiger partial charge in [-0.25, -0.2) is 0 Å². The highest BCUT2D eigenvalue weighted by atomic mass is 32.1. The average molecular weight is 336 g/mol. The summed E-state index contributed by atoms with van der Waals surface area (Å²) in [5, 5.41) is 7.62. The molecule has 0 bridgehead atoms. The predicted molar refractivity (Wildman–Crippen MR) is 100 cm³/mol. The molecule has 2 N–H and O–H groups in total. The molecule has 1 aliphatic carbocycles. The molecule has 4 nitrogen and oxygen atoms in total. The van der Waals surface area contributed by atoms with Crippen LogP contribution in [0.5, 0.6) is 5.75 Å². The number of ether oxygens (including phenoxy) is 1. The number of rotatable bonds is 6. The minimum absolute atomic E-state index is 0.246. The molecule has 1 aromatic rings. The van der Waals surface area contributed by atoms with Gasteiger partial charge in [0.1, 0.15) is 5.75 Å². The summed E-state index contributed by atoms with van der Waals surface area (Å²) in [5.74, 6) is 0.886. The third-order valence-corrected chi connectivity index (χ3v) is 4.76. The summed E-state index contributed by atoms with van der Waals surface area (Å²) in [6.07, 6.45) is 6.44. The molecule has 5 heteroatoms. The summed E-state index contributed by atoms with van der Waals surface area (Å²) in [7, 11) is 5.87. The van der Waals surface area contributed by atoms with Gasteiger partial charge >= 0.3 is 0 Å². The molecule has 0 spiro atoms. The Labute approximate surface area is 145 Å². The molecule has 0 amide bonds. The summed E-state index contributed by atoms with van der Waals surface area (Å²) in [4.78, 5) is 2.20. The van der Waals surface area contributed by atoms with Crippen molar-refractivity contribution in [3.8, 4) is 5.75 Å². The predicted octanol–water partition coefficient (Wildman–Crippen LogP) is 3.09. The Balaban J connectivity index is 1.90. The molecule has 0 heterocycles. The number of methoxy groups -OCH3 is 1. The van der Waals surface area contributed by atoms with E-state index in [0.29, 0.717) is 6.04 Å². The zero-order valence-corrected chi connectivity index (χ0v) is 15.3. The summed E-state index contributed by atoms with van der Waals surface area (Å²) in [5.41, 5.74) is 1.22. The van der Waals surface area contributed by atoms with E-state index in [2.05, 4.69) is 41.8 Å². The smallest absolute Gasteiger partial charge is 0.166 e. The van der Waals surface area contributed by atoms with Crippen LogP contribution < -0.4 is 15.4 Å². The van der Waals surface area contributed by atoms with Crippen molar-refractivity contribution in [2.75, 3.05) is 27.7 Å². The molecule has 1 atom stereocenters. The van der Waals surface area contributed by atoms with E-state index >= 15 is 0 Å². The average Bonchev–Trinajstić information content (AvgIpc) is 2.56. The number of likely N-dealkylation sites (N-methyl/N-ethyl adjacent to an activating group) is 1. The van der Waals surface area contributed by atoms with Crippen molar-refractivity contribution in [1.82, 2.24) is 15.5 Å². The molecule has 1 aromatic carbocycles. The highest BCUT2D eigenvalue weighted by molar-refractivity contribution is 7.80. The SMILES string of the molecule is COc1cccc([C@@H](CNC(=S)NC2CCCCC2)N(C)C)c1. The maximum absolute atomic E-state index is 5.47. The van der Waals surface area contributed by atoms with Gasteiger partial charge in [-0.15, -0.1) is 0 Å². The summed E-state index contributed by atoms with van der Waals surface area (Å²) in [6, 6.07) is 9.01. The molecule has 2 rings (SSSR count). The van der Waals surface area contributed by atoms with E-state index in [1.54, 1.807) is 7.11 Å². The Morgan fingerprint density at radius 3 is 2.70 bits per heavy atom. The zero-order chi connectivity index (χ0) is 16.7. The number of nitrogens with zero attached hydrogens (tertiary/aromatic N) is 1. The quantitative estimate of drug-likeness (QED) is 0.781. The molecule has 0 unspecified atom stereocenters. The highest BCUT2D eigenvalue weighted by Gasteiger charge is 2.17. The molecule has 0 aliphatic heterocycles. The van der Waals surface area contributed by atoms with E-state index in [4.69, 9.17) is 17.0 Å². The second kappa shape index (κ2) is 9.08. The minimum atomic E-state index is 0.246. The van der Waals surface area contributed by atoms with Crippen LogP contribution in [0.1, 0.15) is 43.7 Å². The molecule has 0 radical (unpaired) electrons. The standard InChI is InChI=1S/C18H29N3OS/c1-21(2)17(14-8-7-11-16(12-14)22-3)13-19-18(23)20-15-9-5-4-6-10-15/h7-8,11-12,15,17H,4-6,9-10,13H2,1-3H3,(H2,19,20,23)/t17-/m1/s1. The van der Waals surface area contributed by atoms with Crippen molar-refractivity contribution in [2.45, 2.75) is 44.2 Å². The van der Waals surface area contributed by atoms with E-state index < -0.39 is 0 Å². The van der Waals surface area contributed by atoms with Crippen LogP contribution in [0.15, 0.2) is 24.3 Å². The lowest BCUT2D eigenvalue weighted by Crippen LogP contribution is -2.45. The van der Waals surface area contributed by atoms with Crippen LogP contribution in [0, 0.1) is 0 Å². The largest absolute Gasteiger partial charge is 0.497 e. The maximum atomic E-state index is 5.47. The monoisotopic (exact) mass is 335 g/mol. The van der Waals surface area contributed by atoms with Gasteiger partial charge in [0.25, 0.3) is 0 Å². The van der Waals surface area contributed by atoms with Crippen LogP contribution in [-0.4, -0.2) is 43.8 Å². The summed E-state index contributed by atoms with van der Waals surface area (Å²) >= 11 is 5.47. The van der Waals surface area contributed by atoms with Gasteiger partial charge in [0.15, 0.2) is 5.11 Å². The number of hydrogen-bond donors (Lipinski definition) is 2. The molecule has 23 heavy (non-hydrogen) atoms. The van der Waals surface area contributed by atoms with Crippen molar-refractivity contribution in [1.29, 1.82) is 0 Å². The van der Waals surface area contributed by atoms with E-state index in [9.17, 15) is 0 Å². The van der Waals surface area contributed by atoms with E-state index in [1.165, 1.54) is 37.7 Å². The minimum Gasteiger partial charge on any atom is -0.497 e. The van der Waals surface area contributed by atoms with Crippen LogP contribution in [-0.2, 0) is 0 Å². The highest BCUT2D eigenvalue weighted by Crippen LogP contribution is 2.22. The van der Waals surface area contributed by atoms with Gasteiger partial charge in [-0.3, -0.25) is 0 Å². The van der Waals surface area contributed by atoms with Gasteiger partial charge < -0.3 is 20.3 Å². The van der Waals surface area contributed by atoms with Crippen molar-refractivity contribution in [3.63, 3.8) is 0 Å². The number of hydrogen-bond acceptors (Lipinski definition) is 3. The second-order valence-corrected chi connectivity index (χ2v) is 6.85. The molecular formula is C18H29N3OS. The third kappa shape index (κ3) is 5.66. The molecule has 1 saturated carbocycles. The molecular weight excluding hydrogens is 306 g/mol. The fourth-order valence-corrected chi connectivity index (χ4v) is 3.37. The normalized spacial score (nSPS) is 16.9. The van der Waals surface area contributed by atoms with Gasteiger partial charge in [-0.05, 0) is 56.9 Å². The van der Waals surface area contributed by atoms with Crippen LogP contribution in [0.3, 0.4) is 0 Å². The van der Waals surface area contributed by atoms with Crippen LogP contribution >= 0.6 is 12.2 Å². The molecule has 1 aliphatic rings. The van der Waals surface area contributed by atoms with Gasteiger partial charge in [0, 0.05) is 12.6 Å². The fourth-order valence-electron chi connectivity index (χ4n) is 3.12. The fraction of sp³-hybridized carbons (Fsp3) is 0.611.